The molecule has 0 saturated heterocycles. The van der Waals surface area contributed by atoms with Crippen LogP contribution in [-0.4, -0.2) is 31.7 Å². The van der Waals surface area contributed by atoms with Crippen LogP contribution in [0.15, 0.2) is 24.5 Å². The van der Waals surface area contributed by atoms with Crippen molar-refractivity contribution in [2.24, 2.45) is 0 Å². The number of rotatable bonds is 4. The van der Waals surface area contributed by atoms with E-state index in [2.05, 4.69) is 15.4 Å². The van der Waals surface area contributed by atoms with E-state index in [1.165, 1.54) is 4.68 Å². The number of carbonyl (C=O) groups is 2. The molecule has 0 radical (unpaired) electrons. The second kappa shape index (κ2) is 4.97. The summed E-state index contributed by atoms with van der Waals surface area (Å²) in [6, 6.07) is 2.77. The van der Waals surface area contributed by atoms with Gasteiger partial charge in [0.2, 0.25) is 5.91 Å². The van der Waals surface area contributed by atoms with Crippen molar-refractivity contribution in [2.75, 3.05) is 5.32 Å². The van der Waals surface area contributed by atoms with Crippen LogP contribution in [0.25, 0.3) is 0 Å². The molecule has 0 saturated carbocycles. The highest BCUT2D eigenvalue weighted by molar-refractivity contribution is 6.00. The number of carboxylic acid groups (broad SMARTS) is 1. The summed E-state index contributed by atoms with van der Waals surface area (Å²) >= 11 is 0. The van der Waals surface area contributed by atoms with E-state index < -0.39 is 12.0 Å². The maximum atomic E-state index is 12.0. The molecule has 7 heteroatoms. The maximum Gasteiger partial charge on any atom is 0.354 e. The summed E-state index contributed by atoms with van der Waals surface area (Å²) in [5.74, 6) is -1.44. The minimum absolute atomic E-state index is 0.0292. The Kier molecular flexibility index (Phi) is 3.37. The smallest absolute Gasteiger partial charge is 0.354 e. The Morgan fingerprint density at radius 2 is 2.26 bits per heavy atom. The number of nitrogens with zero attached hydrogens (tertiary/aromatic N) is 2. The predicted octanol–water partition coefficient (Wildman–Crippen LogP) is 1.42. The van der Waals surface area contributed by atoms with Gasteiger partial charge in [0.15, 0.2) is 0 Å². The first-order chi connectivity index (χ1) is 8.99. The third-order valence-corrected chi connectivity index (χ3v) is 2.73. The number of hydrogen-bond acceptors (Lipinski definition) is 3. The van der Waals surface area contributed by atoms with Gasteiger partial charge < -0.3 is 15.4 Å². The molecule has 0 fully saturated rings. The Balaban J connectivity index is 2.17. The van der Waals surface area contributed by atoms with Crippen LogP contribution in [0, 0.1) is 6.92 Å². The third kappa shape index (κ3) is 2.65. The summed E-state index contributed by atoms with van der Waals surface area (Å²) in [4.78, 5) is 25.7. The highest BCUT2D eigenvalue weighted by atomic mass is 16.4. The molecule has 100 valence electrons. The predicted molar refractivity (Wildman–Crippen MR) is 68.1 cm³/mol. The van der Waals surface area contributed by atoms with Crippen LogP contribution in [0.5, 0.6) is 0 Å². The Labute approximate surface area is 109 Å². The van der Waals surface area contributed by atoms with Crippen LogP contribution >= 0.6 is 0 Å². The van der Waals surface area contributed by atoms with E-state index in [9.17, 15) is 9.59 Å². The zero-order valence-electron chi connectivity index (χ0n) is 10.5. The molecule has 2 aromatic heterocycles. The number of aryl methyl sites for hydroxylation is 1. The van der Waals surface area contributed by atoms with E-state index in [0.717, 1.165) is 0 Å². The lowest BCUT2D eigenvalue weighted by Crippen LogP contribution is -2.24. The van der Waals surface area contributed by atoms with Crippen molar-refractivity contribution in [3.8, 4) is 0 Å². The molecule has 0 aliphatic carbocycles. The number of hydrogen-bond donors (Lipinski definition) is 3. The Hall–Kier alpha value is -2.57. The van der Waals surface area contributed by atoms with Gasteiger partial charge in [-0.1, -0.05) is 0 Å². The molecular formula is C12H14N4O3. The molecule has 3 N–H and O–H groups in total. The van der Waals surface area contributed by atoms with Gasteiger partial charge in [0.05, 0.1) is 5.69 Å². The quantitative estimate of drug-likeness (QED) is 0.775. The first-order valence-corrected chi connectivity index (χ1v) is 5.72. The van der Waals surface area contributed by atoms with Crippen LogP contribution in [0.1, 0.15) is 29.1 Å². The summed E-state index contributed by atoms with van der Waals surface area (Å²) in [5.41, 5.74) is 0.895. The SMILES string of the molecule is Cc1cc(NC(=O)C(C)n2cccn2)c(C(=O)O)[nH]1. The van der Waals surface area contributed by atoms with Gasteiger partial charge in [-0.3, -0.25) is 9.48 Å². The standard InChI is InChI=1S/C12H14N4O3/c1-7-6-9(10(14-7)12(18)19)15-11(17)8(2)16-5-3-4-13-16/h3-6,8,14H,1-2H3,(H,15,17)(H,18,19). The number of carbonyl (C=O) groups excluding carboxylic acids is 1. The number of aromatic amines is 1. The number of nitrogens with one attached hydrogen (secondary N) is 2. The molecule has 0 aliphatic heterocycles. The Morgan fingerprint density at radius 1 is 1.53 bits per heavy atom. The lowest BCUT2D eigenvalue weighted by Gasteiger charge is -2.12. The largest absolute Gasteiger partial charge is 0.477 e. The molecular weight excluding hydrogens is 248 g/mol. The van der Waals surface area contributed by atoms with Crippen molar-refractivity contribution < 1.29 is 14.7 Å². The molecule has 1 amide bonds. The number of H-pyrrole nitrogens is 1. The van der Waals surface area contributed by atoms with Crippen molar-refractivity contribution >= 4 is 17.6 Å². The number of carboxylic acids is 1. The molecule has 2 aromatic rings. The fourth-order valence-corrected chi connectivity index (χ4v) is 1.72. The van der Waals surface area contributed by atoms with Gasteiger partial charge in [-0.25, -0.2) is 4.79 Å². The zero-order valence-corrected chi connectivity index (χ0v) is 10.5. The lowest BCUT2D eigenvalue weighted by molar-refractivity contribution is -0.119. The van der Waals surface area contributed by atoms with Crippen molar-refractivity contribution in [1.29, 1.82) is 0 Å². The molecule has 1 unspecified atom stereocenters. The first-order valence-electron chi connectivity index (χ1n) is 5.72. The fourth-order valence-electron chi connectivity index (χ4n) is 1.72. The molecule has 0 aromatic carbocycles. The summed E-state index contributed by atoms with van der Waals surface area (Å²) in [7, 11) is 0. The first kappa shape index (κ1) is 12.9. The molecule has 2 rings (SSSR count). The van der Waals surface area contributed by atoms with E-state index >= 15 is 0 Å². The number of aromatic nitrogens is 3. The topological polar surface area (TPSA) is 100 Å². The zero-order chi connectivity index (χ0) is 14.0. The highest BCUT2D eigenvalue weighted by Gasteiger charge is 2.19. The number of aromatic carboxylic acids is 1. The third-order valence-electron chi connectivity index (χ3n) is 2.73. The van der Waals surface area contributed by atoms with Crippen molar-refractivity contribution in [2.45, 2.75) is 19.9 Å². The summed E-state index contributed by atoms with van der Waals surface area (Å²) in [6.45, 7) is 3.40. The summed E-state index contributed by atoms with van der Waals surface area (Å²) in [5, 5.41) is 15.6. The Morgan fingerprint density at radius 3 is 2.84 bits per heavy atom. The van der Waals surface area contributed by atoms with Gasteiger partial charge in [0.1, 0.15) is 11.7 Å². The van der Waals surface area contributed by atoms with E-state index in [-0.39, 0.29) is 17.3 Å². The van der Waals surface area contributed by atoms with Gasteiger partial charge in [-0.15, -0.1) is 0 Å². The number of anilines is 1. The molecule has 0 aliphatic rings. The van der Waals surface area contributed by atoms with Gasteiger partial charge in [-0.05, 0) is 26.0 Å². The average molecular weight is 262 g/mol. The van der Waals surface area contributed by atoms with Gasteiger partial charge >= 0.3 is 5.97 Å². The monoisotopic (exact) mass is 262 g/mol. The van der Waals surface area contributed by atoms with Gasteiger partial charge in [-0.2, -0.15) is 5.10 Å². The van der Waals surface area contributed by atoms with Crippen molar-refractivity contribution in [1.82, 2.24) is 14.8 Å². The van der Waals surface area contributed by atoms with Crippen LogP contribution in [0.2, 0.25) is 0 Å². The average Bonchev–Trinajstić information content (AvgIpc) is 2.97. The van der Waals surface area contributed by atoms with Gasteiger partial charge in [0, 0.05) is 18.1 Å². The van der Waals surface area contributed by atoms with Crippen LogP contribution in [0.4, 0.5) is 5.69 Å². The molecule has 2 heterocycles. The van der Waals surface area contributed by atoms with E-state index in [0.29, 0.717) is 5.69 Å². The molecule has 1 atom stereocenters. The van der Waals surface area contributed by atoms with E-state index in [1.807, 2.05) is 0 Å². The molecule has 19 heavy (non-hydrogen) atoms. The normalized spacial score (nSPS) is 12.1. The number of amides is 1. The Bertz CT molecular complexity index is 601. The van der Waals surface area contributed by atoms with E-state index in [1.54, 1.807) is 38.4 Å². The molecule has 0 bridgehead atoms. The second-order valence-corrected chi connectivity index (χ2v) is 4.20. The summed E-state index contributed by atoms with van der Waals surface area (Å²) in [6.07, 6.45) is 3.25. The minimum Gasteiger partial charge on any atom is -0.477 e. The summed E-state index contributed by atoms with van der Waals surface area (Å²) < 4.78 is 1.50. The van der Waals surface area contributed by atoms with Gasteiger partial charge in [0.25, 0.3) is 0 Å². The maximum absolute atomic E-state index is 12.0. The fraction of sp³-hybridized carbons (Fsp3) is 0.250. The van der Waals surface area contributed by atoms with E-state index in [4.69, 9.17) is 5.11 Å². The van der Waals surface area contributed by atoms with Crippen molar-refractivity contribution in [3.05, 3.63) is 35.9 Å². The molecule has 0 spiro atoms. The van der Waals surface area contributed by atoms with Crippen LogP contribution in [0.3, 0.4) is 0 Å². The van der Waals surface area contributed by atoms with Crippen LogP contribution in [-0.2, 0) is 4.79 Å². The lowest BCUT2D eigenvalue weighted by atomic mass is 10.3. The highest BCUT2D eigenvalue weighted by Crippen LogP contribution is 2.18. The molecule has 7 nitrogen and oxygen atoms in total. The minimum atomic E-state index is -1.12. The van der Waals surface area contributed by atoms with Crippen LogP contribution < -0.4 is 5.32 Å². The second-order valence-electron chi connectivity index (χ2n) is 4.20. The van der Waals surface area contributed by atoms with Crippen molar-refractivity contribution in [3.63, 3.8) is 0 Å².